The van der Waals surface area contributed by atoms with E-state index in [-0.39, 0.29) is 36.2 Å². The van der Waals surface area contributed by atoms with Gasteiger partial charge in [0.05, 0.1) is 13.3 Å². The van der Waals surface area contributed by atoms with Gasteiger partial charge in [-0.25, -0.2) is 10.1 Å². The first-order valence-corrected chi connectivity index (χ1v) is 12.5. The molecule has 5 rings (SSSR count). The largest absolute Gasteiger partial charge is 0.493 e. The number of nitrogens with one attached hydrogen (secondary N) is 1. The second-order valence-electron chi connectivity index (χ2n) is 8.36. The molecule has 0 aliphatic carbocycles. The summed E-state index contributed by atoms with van der Waals surface area (Å²) in [5.74, 6) is 0.971. The molecular weight excluding hydrogens is 552 g/mol. The maximum atomic E-state index is 13.0. The minimum absolute atomic E-state index is 0.0333. The molecule has 5 aromatic rings. The molecule has 0 fully saturated rings. The summed E-state index contributed by atoms with van der Waals surface area (Å²) in [6, 6.07) is 21.7. The van der Waals surface area contributed by atoms with E-state index in [1.807, 2.05) is 36.4 Å². The maximum Gasteiger partial charge on any atom is 0.293 e. The molecule has 14 heteroatoms. The lowest BCUT2D eigenvalue weighted by atomic mass is 10.2. The lowest BCUT2D eigenvalue weighted by Crippen LogP contribution is -2.21. The Labute approximate surface area is 238 Å². The number of hydrogen-bond donors (Lipinski definition) is 2. The summed E-state index contributed by atoms with van der Waals surface area (Å²) in [4.78, 5) is 13.0. The van der Waals surface area contributed by atoms with E-state index < -0.39 is 5.91 Å². The number of para-hydroxylation sites is 1. The third kappa shape index (κ3) is 6.42. The number of carbonyl (C=O) groups excluding carboxylic acids is 1. The van der Waals surface area contributed by atoms with Crippen LogP contribution in [0.2, 0.25) is 5.02 Å². The average molecular weight is 575 g/mol. The number of rotatable bonds is 11. The second-order valence-corrected chi connectivity index (χ2v) is 8.77. The van der Waals surface area contributed by atoms with Gasteiger partial charge in [0.25, 0.3) is 5.91 Å². The first-order valence-electron chi connectivity index (χ1n) is 12.1. The van der Waals surface area contributed by atoms with Crippen molar-refractivity contribution in [3.63, 3.8) is 0 Å². The number of carbonyl (C=O) groups is 1. The Bertz CT molecular complexity index is 1670. The van der Waals surface area contributed by atoms with Crippen LogP contribution in [-0.4, -0.2) is 44.5 Å². The monoisotopic (exact) mass is 574 g/mol. The number of methoxy groups -OCH3 is 1. The van der Waals surface area contributed by atoms with Gasteiger partial charge in [0.2, 0.25) is 11.6 Å². The van der Waals surface area contributed by atoms with Gasteiger partial charge in [0, 0.05) is 10.6 Å². The van der Waals surface area contributed by atoms with Crippen LogP contribution < -0.4 is 25.4 Å². The topological polar surface area (TPSA) is 165 Å². The van der Waals surface area contributed by atoms with E-state index in [0.717, 1.165) is 5.56 Å². The Morgan fingerprint density at radius 2 is 1.85 bits per heavy atom. The molecule has 0 bridgehead atoms. The molecule has 0 unspecified atom stereocenters. The summed E-state index contributed by atoms with van der Waals surface area (Å²) in [6.45, 7) is 0.190. The van der Waals surface area contributed by atoms with Gasteiger partial charge >= 0.3 is 0 Å². The number of benzene rings is 3. The Hall–Kier alpha value is -5.43. The molecule has 0 spiro atoms. The molecule has 0 saturated heterocycles. The van der Waals surface area contributed by atoms with Crippen molar-refractivity contribution >= 4 is 29.5 Å². The smallest absolute Gasteiger partial charge is 0.293 e. The van der Waals surface area contributed by atoms with E-state index >= 15 is 0 Å². The van der Waals surface area contributed by atoms with Gasteiger partial charge in [-0.05, 0) is 52.3 Å². The quantitative estimate of drug-likeness (QED) is 0.175. The van der Waals surface area contributed by atoms with Crippen LogP contribution >= 0.6 is 11.6 Å². The molecule has 0 aliphatic heterocycles. The highest BCUT2D eigenvalue weighted by atomic mass is 35.5. The van der Waals surface area contributed by atoms with Gasteiger partial charge in [0.15, 0.2) is 17.2 Å². The van der Waals surface area contributed by atoms with Crippen molar-refractivity contribution in [1.29, 1.82) is 0 Å². The summed E-state index contributed by atoms with van der Waals surface area (Å²) >= 11 is 6.21. The number of hydrazone groups is 1. The summed E-state index contributed by atoms with van der Waals surface area (Å²) in [5.41, 5.74) is 9.96. The third-order valence-electron chi connectivity index (χ3n) is 5.70. The van der Waals surface area contributed by atoms with Gasteiger partial charge in [-0.15, -0.1) is 5.10 Å². The Balaban J connectivity index is 1.29. The molecular formula is C27H23ClN8O5. The summed E-state index contributed by atoms with van der Waals surface area (Å²) in [6.07, 6.45) is 1.45. The summed E-state index contributed by atoms with van der Waals surface area (Å²) in [5, 5.41) is 19.9. The molecule has 3 N–H and O–H groups in total. The number of halogens is 1. The number of nitrogens with zero attached hydrogens (tertiary/aromatic N) is 6. The van der Waals surface area contributed by atoms with Crippen LogP contribution in [0, 0.1) is 0 Å². The highest BCUT2D eigenvalue weighted by Crippen LogP contribution is 2.29. The van der Waals surface area contributed by atoms with Crippen LogP contribution in [0.5, 0.6) is 17.2 Å². The van der Waals surface area contributed by atoms with Crippen molar-refractivity contribution in [1.82, 2.24) is 30.7 Å². The molecule has 0 atom stereocenters. The fraction of sp³-hybridized carbons (Fsp3) is 0.111. The van der Waals surface area contributed by atoms with Crippen molar-refractivity contribution in [3.8, 4) is 23.1 Å². The first-order chi connectivity index (χ1) is 20.0. The molecule has 3 aromatic carbocycles. The number of nitrogen functional groups attached to an aromatic ring is 1. The standard InChI is InChI=1S/C27H23ClN8O5/c1-38-23-13-17(11-12-22(23)40-15-18-7-5-6-10-20(18)28)14-30-32-27(37)24-21(16-39-19-8-3-2-4-9-19)36(35-31-24)26-25(29)33-41-34-26/h2-14H,15-16H2,1H3,(H2,29,33)(H,32,37)/b30-14-. The zero-order chi connectivity index (χ0) is 28.6. The zero-order valence-electron chi connectivity index (χ0n) is 21.6. The molecule has 1 amide bonds. The fourth-order valence-electron chi connectivity index (χ4n) is 3.66. The molecule has 2 heterocycles. The SMILES string of the molecule is COc1cc(/C=N\NC(=O)c2nnn(-c3nonc3N)c2COc2ccccc2)ccc1OCc1ccccc1Cl. The van der Waals surface area contributed by atoms with E-state index in [9.17, 15) is 4.79 Å². The lowest BCUT2D eigenvalue weighted by molar-refractivity contribution is 0.0947. The number of aromatic nitrogens is 5. The predicted octanol–water partition coefficient (Wildman–Crippen LogP) is 3.82. The fourth-order valence-corrected chi connectivity index (χ4v) is 3.85. The zero-order valence-corrected chi connectivity index (χ0v) is 22.4. The Morgan fingerprint density at radius 1 is 1.05 bits per heavy atom. The third-order valence-corrected chi connectivity index (χ3v) is 6.07. The molecule has 0 radical (unpaired) electrons. The van der Waals surface area contributed by atoms with Crippen LogP contribution in [0.3, 0.4) is 0 Å². The van der Waals surface area contributed by atoms with Crippen LogP contribution in [0.15, 0.2) is 82.5 Å². The van der Waals surface area contributed by atoms with Crippen molar-refractivity contribution in [2.75, 3.05) is 12.8 Å². The van der Waals surface area contributed by atoms with E-state index in [2.05, 4.69) is 35.8 Å². The Morgan fingerprint density at radius 3 is 2.61 bits per heavy atom. The number of anilines is 1. The van der Waals surface area contributed by atoms with E-state index in [4.69, 9.17) is 31.5 Å². The minimum atomic E-state index is -0.638. The number of nitrogens with two attached hydrogens (primary N) is 1. The maximum absolute atomic E-state index is 13.0. The highest BCUT2D eigenvalue weighted by molar-refractivity contribution is 6.31. The normalized spacial score (nSPS) is 11.0. The van der Waals surface area contributed by atoms with Gasteiger partial charge in [0.1, 0.15) is 24.7 Å². The molecule has 208 valence electrons. The summed E-state index contributed by atoms with van der Waals surface area (Å²) in [7, 11) is 1.53. The molecule has 41 heavy (non-hydrogen) atoms. The van der Waals surface area contributed by atoms with Crippen LogP contribution in [0.1, 0.15) is 27.3 Å². The average Bonchev–Trinajstić information content (AvgIpc) is 3.62. The number of amides is 1. The van der Waals surface area contributed by atoms with Crippen molar-refractivity contribution < 1.29 is 23.6 Å². The van der Waals surface area contributed by atoms with E-state index in [0.29, 0.717) is 27.8 Å². The highest BCUT2D eigenvalue weighted by Gasteiger charge is 2.24. The van der Waals surface area contributed by atoms with E-state index in [1.54, 1.807) is 36.4 Å². The number of hydrogen-bond acceptors (Lipinski definition) is 11. The van der Waals surface area contributed by atoms with Crippen LogP contribution in [0.4, 0.5) is 5.82 Å². The molecule has 13 nitrogen and oxygen atoms in total. The molecule has 2 aromatic heterocycles. The van der Waals surface area contributed by atoms with Gasteiger partial charge in [-0.1, -0.05) is 53.2 Å². The first kappa shape index (κ1) is 27.1. The predicted molar refractivity (Wildman–Crippen MR) is 148 cm³/mol. The Kier molecular flexibility index (Phi) is 8.35. The molecule has 0 saturated carbocycles. The van der Waals surface area contributed by atoms with Crippen LogP contribution in [0.25, 0.3) is 5.82 Å². The van der Waals surface area contributed by atoms with Crippen molar-refractivity contribution in [3.05, 3.63) is 100 Å². The van der Waals surface area contributed by atoms with Gasteiger partial charge in [-0.2, -0.15) is 9.78 Å². The molecule has 0 aliphatic rings. The minimum Gasteiger partial charge on any atom is -0.493 e. The van der Waals surface area contributed by atoms with Gasteiger partial charge < -0.3 is 19.9 Å². The van der Waals surface area contributed by atoms with E-state index in [1.165, 1.54) is 18.0 Å². The number of ether oxygens (including phenoxy) is 3. The van der Waals surface area contributed by atoms with Crippen LogP contribution in [-0.2, 0) is 13.2 Å². The van der Waals surface area contributed by atoms with Crippen molar-refractivity contribution in [2.45, 2.75) is 13.2 Å². The van der Waals surface area contributed by atoms with Crippen molar-refractivity contribution in [2.24, 2.45) is 5.10 Å². The lowest BCUT2D eigenvalue weighted by Gasteiger charge is -2.12. The summed E-state index contributed by atoms with van der Waals surface area (Å²) < 4.78 is 23.0. The second kappa shape index (κ2) is 12.6. The van der Waals surface area contributed by atoms with Gasteiger partial charge in [-0.3, -0.25) is 4.79 Å².